The minimum absolute atomic E-state index is 0.0529. The molecule has 3 rings (SSSR count). The standard InChI is InChI=1S/C22H23F3N4O4S/c1-27(15-18-7-2-4-8-19(18)33-22(23,24)25)16-21(30)28-10-12-29(13-11-28)34(31,32)20-9-5-3-6-17(20)14-26/h2-9H,10-13,15-16H2,1H3. The van der Waals surface area contributed by atoms with Gasteiger partial charge in [-0.1, -0.05) is 30.3 Å². The first kappa shape index (κ1) is 25.5. The molecule has 0 N–H and O–H groups in total. The average molecular weight is 497 g/mol. The van der Waals surface area contributed by atoms with Crippen molar-refractivity contribution in [1.29, 1.82) is 5.26 Å². The summed E-state index contributed by atoms with van der Waals surface area (Å²) in [5, 5.41) is 9.20. The van der Waals surface area contributed by atoms with Crippen LogP contribution in [0.3, 0.4) is 0 Å². The Hall–Kier alpha value is -3.14. The lowest BCUT2D eigenvalue weighted by Gasteiger charge is -2.35. The van der Waals surface area contributed by atoms with E-state index in [-0.39, 0.29) is 66.9 Å². The van der Waals surface area contributed by atoms with Crippen molar-refractivity contribution < 1.29 is 31.1 Å². The van der Waals surface area contributed by atoms with E-state index in [2.05, 4.69) is 4.74 Å². The van der Waals surface area contributed by atoms with E-state index in [9.17, 15) is 31.6 Å². The second-order valence-electron chi connectivity index (χ2n) is 7.72. The number of sulfonamides is 1. The quantitative estimate of drug-likeness (QED) is 0.585. The van der Waals surface area contributed by atoms with E-state index in [1.807, 2.05) is 6.07 Å². The number of halogens is 3. The molecule has 8 nitrogen and oxygen atoms in total. The number of carbonyl (C=O) groups is 1. The summed E-state index contributed by atoms with van der Waals surface area (Å²) in [6.07, 6.45) is -4.82. The number of para-hydroxylation sites is 1. The smallest absolute Gasteiger partial charge is 0.405 e. The second-order valence-corrected chi connectivity index (χ2v) is 9.63. The summed E-state index contributed by atoms with van der Waals surface area (Å²) in [7, 11) is -2.28. The predicted molar refractivity (Wildman–Crippen MR) is 116 cm³/mol. The maximum absolute atomic E-state index is 12.9. The summed E-state index contributed by atoms with van der Waals surface area (Å²) < 4.78 is 69.0. The Balaban J connectivity index is 1.58. The molecule has 12 heteroatoms. The molecular weight excluding hydrogens is 473 g/mol. The molecule has 1 saturated heterocycles. The fourth-order valence-electron chi connectivity index (χ4n) is 3.64. The van der Waals surface area contributed by atoms with Crippen LogP contribution >= 0.6 is 0 Å². The lowest BCUT2D eigenvalue weighted by Crippen LogP contribution is -2.52. The molecule has 0 unspecified atom stereocenters. The van der Waals surface area contributed by atoms with Crippen LogP contribution in [0.1, 0.15) is 11.1 Å². The van der Waals surface area contributed by atoms with Crippen LogP contribution in [0.5, 0.6) is 5.75 Å². The van der Waals surface area contributed by atoms with Gasteiger partial charge in [0.2, 0.25) is 15.9 Å². The van der Waals surface area contributed by atoms with Gasteiger partial charge in [0.05, 0.1) is 17.0 Å². The Labute approximate surface area is 195 Å². The maximum Gasteiger partial charge on any atom is 0.573 e. The fraction of sp³-hybridized carbons (Fsp3) is 0.364. The Morgan fingerprint density at radius 3 is 2.35 bits per heavy atom. The normalized spacial score (nSPS) is 15.2. The fourth-order valence-corrected chi connectivity index (χ4v) is 5.20. The lowest BCUT2D eigenvalue weighted by molar-refractivity contribution is -0.275. The Kier molecular flexibility index (Phi) is 7.81. The van der Waals surface area contributed by atoms with Crippen LogP contribution in [-0.4, -0.2) is 74.6 Å². The summed E-state index contributed by atoms with van der Waals surface area (Å²) >= 11 is 0. The third-order valence-electron chi connectivity index (χ3n) is 5.26. The minimum Gasteiger partial charge on any atom is -0.405 e. The summed E-state index contributed by atoms with van der Waals surface area (Å²) in [6.45, 7) is 0.448. The van der Waals surface area contributed by atoms with Gasteiger partial charge in [-0.2, -0.15) is 9.57 Å². The van der Waals surface area contributed by atoms with Gasteiger partial charge in [0.15, 0.2) is 0 Å². The first-order valence-corrected chi connectivity index (χ1v) is 11.7. The van der Waals surface area contributed by atoms with Crippen LogP contribution in [0.15, 0.2) is 53.4 Å². The van der Waals surface area contributed by atoms with Crippen molar-refractivity contribution in [3.63, 3.8) is 0 Å². The Morgan fingerprint density at radius 1 is 1.09 bits per heavy atom. The third kappa shape index (κ3) is 6.25. The molecule has 182 valence electrons. The maximum atomic E-state index is 12.9. The van der Waals surface area contributed by atoms with Gasteiger partial charge in [0.1, 0.15) is 11.8 Å². The molecule has 0 saturated carbocycles. The number of amides is 1. The second kappa shape index (κ2) is 10.4. The zero-order valence-corrected chi connectivity index (χ0v) is 19.1. The molecule has 1 heterocycles. The number of piperazine rings is 1. The predicted octanol–water partition coefficient (Wildman–Crippen LogP) is 2.42. The number of hydrogen-bond acceptors (Lipinski definition) is 6. The highest BCUT2D eigenvalue weighted by Gasteiger charge is 2.33. The summed E-state index contributed by atoms with van der Waals surface area (Å²) in [5.41, 5.74) is 0.333. The number of likely N-dealkylation sites (N-methyl/N-ethyl adjacent to an activating group) is 1. The molecule has 34 heavy (non-hydrogen) atoms. The summed E-state index contributed by atoms with van der Waals surface area (Å²) in [4.78, 5) is 15.7. The van der Waals surface area contributed by atoms with Gasteiger partial charge < -0.3 is 9.64 Å². The number of hydrogen-bond donors (Lipinski definition) is 0. The van der Waals surface area contributed by atoms with Gasteiger partial charge in [-0.15, -0.1) is 13.2 Å². The van der Waals surface area contributed by atoms with Crippen molar-refractivity contribution in [3.8, 4) is 11.8 Å². The van der Waals surface area contributed by atoms with Crippen molar-refractivity contribution in [2.24, 2.45) is 0 Å². The SMILES string of the molecule is CN(CC(=O)N1CCN(S(=O)(=O)c2ccccc2C#N)CC1)Cc1ccccc1OC(F)(F)F. The molecule has 2 aromatic carbocycles. The van der Waals surface area contributed by atoms with Gasteiger partial charge >= 0.3 is 6.36 Å². The van der Waals surface area contributed by atoms with Crippen LogP contribution in [-0.2, 0) is 21.4 Å². The van der Waals surface area contributed by atoms with Gasteiger partial charge in [-0.3, -0.25) is 9.69 Å². The van der Waals surface area contributed by atoms with Crippen molar-refractivity contribution in [3.05, 3.63) is 59.7 Å². The van der Waals surface area contributed by atoms with E-state index < -0.39 is 16.4 Å². The van der Waals surface area contributed by atoms with Crippen LogP contribution in [0, 0.1) is 11.3 Å². The molecule has 0 atom stereocenters. The van der Waals surface area contributed by atoms with E-state index in [0.29, 0.717) is 0 Å². The molecule has 1 fully saturated rings. The monoisotopic (exact) mass is 496 g/mol. The number of carbonyl (C=O) groups excluding carboxylic acids is 1. The van der Waals surface area contributed by atoms with Crippen LogP contribution in [0.25, 0.3) is 0 Å². The van der Waals surface area contributed by atoms with Crippen LogP contribution < -0.4 is 4.74 Å². The third-order valence-corrected chi connectivity index (χ3v) is 7.22. The zero-order chi connectivity index (χ0) is 24.9. The molecule has 0 aromatic heterocycles. The van der Waals surface area contributed by atoms with Gasteiger partial charge in [-0.25, -0.2) is 8.42 Å². The molecule has 0 aliphatic carbocycles. The highest BCUT2D eigenvalue weighted by atomic mass is 32.2. The van der Waals surface area contributed by atoms with Crippen LogP contribution in [0.4, 0.5) is 13.2 Å². The summed E-state index contributed by atoms with van der Waals surface area (Å²) in [5.74, 6) is -0.600. The number of rotatable bonds is 7. The highest BCUT2D eigenvalue weighted by Crippen LogP contribution is 2.27. The van der Waals surface area contributed by atoms with Crippen molar-refractivity contribution in [2.45, 2.75) is 17.8 Å². The van der Waals surface area contributed by atoms with E-state index in [1.165, 1.54) is 39.5 Å². The number of benzene rings is 2. The largest absolute Gasteiger partial charge is 0.573 e. The molecule has 0 spiro atoms. The first-order chi connectivity index (χ1) is 16.0. The number of alkyl halides is 3. The van der Waals surface area contributed by atoms with E-state index in [4.69, 9.17) is 0 Å². The topological polar surface area (TPSA) is 94.0 Å². The molecule has 0 bridgehead atoms. The Morgan fingerprint density at radius 2 is 1.71 bits per heavy atom. The minimum atomic E-state index is -4.82. The lowest BCUT2D eigenvalue weighted by atomic mass is 10.2. The van der Waals surface area contributed by atoms with E-state index >= 15 is 0 Å². The molecule has 1 amide bonds. The first-order valence-electron chi connectivity index (χ1n) is 10.3. The van der Waals surface area contributed by atoms with E-state index in [1.54, 1.807) is 30.1 Å². The zero-order valence-electron chi connectivity index (χ0n) is 18.3. The van der Waals surface area contributed by atoms with Crippen LogP contribution in [0.2, 0.25) is 0 Å². The van der Waals surface area contributed by atoms with Crippen molar-refractivity contribution >= 4 is 15.9 Å². The molecule has 1 aliphatic rings. The van der Waals surface area contributed by atoms with Crippen molar-refractivity contribution in [2.75, 3.05) is 39.8 Å². The molecule has 1 aliphatic heterocycles. The summed E-state index contributed by atoms with van der Waals surface area (Å²) in [6, 6.07) is 13.5. The number of nitrogens with zero attached hydrogens (tertiary/aromatic N) is 4. The molecular formula is C22H23F3N4O4S. The van der Waals surface area contributed by atoms with Gasteiger partial charge in [0.25, 0.3) is 0 Å². The average Bonchev–Trinajstić information content (AvgIpc) is 2.79. The molecule has 2 aromatic rings. The number of ether oxygens (including phenoxy) is 1. The molecule has 0 radical (unpaired) electrons. The van der Waals surface area contributed by atoms with Gasteiger partial charge in [0, 0.05) is 38.3 Å². The Bertz CT molecular complexity index is 1170. The van der Waals surface area contributed by atoms with Gasteiger partial charge in [-0.05, 0) is 25.2 Å². The number of nitriles is 1. The van der Waals surface area contributed by atoms with E-state index in [0.717, 1.165) is 0 Å². The van der Waals surface area contributed by atoms with Crippen molar-refractivity contribution in [1.82, 2.24) is 14.1 Å². The highest BCUT2D eigenvalue weighted by molar-refractivity contribution is 7.89.